The van der Waals surface area contributed by atoms with Crippen LogP contribution in [0, 0.1) is 0 Å². The Hall–Kier alpha value is -3.29. The van der Waals surface area contributed by atoms with Gasteiger partial charge in [0.15, 0.2) is 23.1 Å². The maximum atomic E-state index is 6.26. The quantitative estimate of drug-likeness (QED) is 0.649. The van der Waals surface area contributed by atoms with Crippen LogP contribution < -0.4 is 19.7 Å². The van der Waals surface area contributed by atoms with Gasteiger partial charge in [-0.3, -0.25) is 10.1 Å². The van der Waals surface area contributed by atoms with Gasteiger partial charge in [-0.25, -0.2) is 4.98 Å². The highest BCUT2D eigenvalue weighted by atomic mass is 16.5. The Bertz CT molecular complexity index is 886. The third kappa shape index (κ3) is 4.33. The smallest absolute Gasteiger partial charge is 0.161 e. The van der Waals surface area contributed by atoms with E-state index in [1.54, 1.807) is 18.6 Å². The predicted octanol–water partition coefficient (Wildman–Crippen LogP) is 3.39. The first-order valence-corrected chi connectivity index (χ1v) is 9.54. The molecule has 0 aliphatic carbocycles. The van der Waals surface area contributed by atoms with Gasteiger partial charge in [0.2, 0.25) is 0 Å². The Morgan fingerprint density at radius 3 is 2.89 bits per heavy atom. The van der Waals surface area contributed by atoms with Crippen molar-refractivity contribution in [2.45, 2.75) is 25.9 Å². The second kappa shape index (κ2) is 8.60. The summed E-state index contributed by atoms with van der Waals surface area (Å²) in [6.07, 6.45) is 7.32. The molecule has 4 rings (SSSR count). The van der Waals surface area contributed by atoms with E-state index in [4.69, 9.17) is 9.47 Å². The van der Waals surface area contributed by atoms with Crippen molar-refractivity contribution in [1.82, 2.24) is 20.2 Å². The van der Waals surface area contributed by atoms with E-state index < -0.39 is 0 Å². The van der Waals surface area contributed by atoms with Crippen LogP contribution in [0.2, 0.25) is 0 Å². The van der Waals surface area contributed by atoms with Crippen molar-refractivity contribution in [3.63, 3.8) is 0 Å². The fraction of sp³-hybridized carbons (Fsp3) is 0.350. The lowest BCUT2D eigenvalue weighted by molar-refractivity contribution is 0.170. The Labute approximate surface area is 163 Å². The van der Waals surface area contributed by atoms with Gasteiger partial charge in [-0.05, 0) is 31.9 Å². The summed E-state index contributed by atoms with van der Waals surface area (Å²) in [4.78, 5) is 11.2. The fourth-order valence-electron chi connectivity index (χ4n) is 3.27. The number of hydrogen-bond acceptors (Lipinski definition) is 7. The van der Waals surface area contributed by atoms with E-state index >= 15 is 0 Å². The molecule has 0 unspecified atom stereocenters. The summed E-state index contributed by atoms with van der Waals surface area (Å²) in [5.41, 5.74) is 0. The van der Waals surface area contributed by atoms with Crippen molar-refractivity contribution >= 4 is 17.5 Å². The second-order valence-electron chi connectivity index (χ2n) is 6.55. The summed E-state index contributed by atoms with van der Waals surface area (Å²) >= 11 is 0. The van der Waals surface area contributed by atoms with Crippen LogP contribution in [0.25, 0.3) is 0 Å². The van der Waals surface area contributed by atoms with Gasteiger partial charge in [0.05, 0.1) is 25.5 Å². The molecule has 1 aliphatic heterocycles. The first-order chi connectivity index (χ1) is 13.8. The highest BCUT2D eigenvalue weighted by Gasteiger charge is 2.23. The van der Waals surface area contributed by atoms with Crippen molar-refractivity contribution < 1.29 is 9.47 Å². The van der Waals surface area contributed by atoms with Gasteiger partial charge in [0.1, 0.15) is 11.9 Å². The molecule has 1 aromatic carbocycles. The number of benzene rings is 1. The first kappa shape index (κ1) is 18.1. The van der Waals surface area contributed by atoms with Crippen molar-refractivity contribution in [3.05, 3.63) is 48.9 Å². The number of H-pyrrole nitrogens is 1. The number of hydrogen-bond donors (Lipinski definition) is 2. The van der Waals surface area contributed by atoms with Crippen molar-refractivity contribution in [1.29, 1.82) is 0 Å². The van der Waals surface area contributed by atoms with E-state index in [2.05, 4.69) is 30.4 Å². The minimum atomic E-state index is 0.0695. The van der Waals surface area contributed by atoms with Gasteiger partial charge in [0.25, 0.3) is 0 Å². The number of anilines is 3. The highest BCUT2D eigenvalue weighted by molar-refractivity contribution is 5.53. The molecule has 3 heterocycles. The molecule has 0 radical (unpaired) electrons. The maximum absolute atomic E-state index is 6.26. The molecule has 0 bridgehead atoms. The summed E-state index contributed by atoms with van der Waals surface area (Å²) in [7, 11) is 0. The molecule has 2 N–H and O–H groups in total. The first-order valence-electron chi connectivity index (χ1n) is 9.54. The molecule has 1 saturated heterocycles. The molecule has 0 saturated carbocycles. The Morgan fingerprint density at radius 1 is 1.18 bits per heavy atom. The zero-order valence-electron chi connectivity index (χ0n) is 15.8. The lowest BCUT2D eigenvalue weighted by Gasteiger charge is -2.33. The van der Waals surface area contributed by atoms with Crippen LogP contribution in [-0.4, -0.2) is 46.0 Å². The van der Waals surface area contributed by atoms with E-state index in [0.29, 0.717) is 18.2 Å². The van der Waals surface area contributed by atoms with E-state index in [1.807, 2.05) is 37.3 Å². The third-order valence-electron chi connectivity index (χ3n) is 4.52. The normalized spacial score (nSPS) is 16.6. The predicted molar refractivity (Wildman–Crippen MR) is 107 cm³/mol. The largest absolute Gasteiger partial charge is 0.490 e. The molecule has 0 amide bonds. The number of para-hydroxylation sites is 2. The zero-order valence-corrected chi connectivity index (χ0v) is 15.8. The Morgan fingerprint density at radius 2 is 2.07 bits per heavy atom. The number of nitrogens with zero attached hydrogens (tertiary/aromatic N) is 4. The van der Waals surface area contributed by atoms with Crippen LogP contribution in [0.1, 0.15) is 19.8 Å². The molecular formula is C20H24N6O2. The lowest BCUT2D eigenvalue weighted by atomic mass is 10.1. The van der Waals surface area contributed by atoms with Crippen LogP contribution >= 0.6 is 0 Å². The molecular weight excluding hydrogens is 356 g/mol. The van der Waals surface area contributed by atoms with Gasteiger partial charge < -0.3 is 19.7 Å². The van der Waals surface area contributed by atoms with Gasteiger partial charge in [-0.2, -0.15) is 5.10 Å². The average molecular weight is 380 g/mol. The number of piperidine rings is 1. The monoisotopic (exact) mass is 380 g/mol. The Balaban J connectivity index is 1.44. The van der Waals surface area contributed by atoms with Gasteiger partial charge in [0, 0.05) is 18.8 Å². The van der Waals surface area contributed by atoms with Crippen molar-refractivity contribution in [2.75, 3.05) is 29.9 Å². The highest BCUT2D eigenvalue weighted by Crippen LogP contribution is 2.30. The minimum Gasteiger partial charge on any atom is -0.490 e. The molecule has 1 atom stereocenters. The van der Waals surface area contributed by atoms with Gasteiger partial charge in [-0.1, -0.05) is 12.1 Å². The molecule has 28 heavy (non-hydrogen) atoms. The van der Waals surface area contributed by atoms with Gasteiger partial charge in [-0.15, -0.1) is 0 Å². The van der Waals surface area contributed by atoms with Crippen molar-refractivity contribution in [3.8, 4) is 11.5 Å². The van der Waals surface area contributed by atoms with Crippen LogP contribution in [0.5, 0.6) is 11.5 Å². The van der Waals surface area contributed by atoms with Crippen LogP contribution in [0.15, 0.2) is 48.9 Å². The molecule has 0 spiro atoms. The summed E-state index contributed by atoms with van der Waals surface area (Å²) in [5, 5.41) is 10.0. The van der Waals surface area contributed by atoms with Gasteiger partial charge >= 0.3 is 0 Å². The molecule has 1 aliphatic rings. The van der Waals surface area contributed by atoms with E-state index in [1.165, 1.54) is 0 Å². The minimum absolute atomic E-state index is 0.0695. The topological polar surface area (TPSA) is 88.2 Å². The third-order valence-corrected chi connectivity index (χ3v) is 4.52. The Kier molecular flexibility index (Phi) is 5.56. The number of aromatic nitrogens is 4. The maximum Gasteiger partial charge on any atom is 0.161 e. The average Bonchev–Trinajstić information content (AvgIpc) is 3.23. The summed E-state index contributed by atoms with van der Waals surface area (Å²) in [6, 6.07) is 9.66. The van der Waals surface area contributed by atoms with Crippen molar-refractivity contribution in [2.24, 2.45) is 0 Å². The number of rotatable bonds is 7. The summed E-state index contributed by atoms with van der Waals surface area (Å²) in [5.74, 6) is 3.77. The number of ether oxygens (including phenoxy) is 2. The van der Waals surface area contributed by atoms with Crippen LogP contribution in [-0.2, 0) is 0 Å². The lowest BCUT2D eigenvalue weighted by Crippen LogP contribution is -2.41. The molecule has 2 aromatic heterocycles. The second-order valence-corrected chi connectivity index (χ2v) is 6.55. The number of nitrogens with one attached hydrogen (secondary N) is 2. The molecule has 3 aromatic rings. The van der Waals surface area contributed by atoms with E-state index in [0.717, 1.165) is 43.2 Å². The number of aromatic amines is 1. The molecule has 146 valence electrons. The molecule has 1 fully saturated rings. The van der Waals surface area contributed by atoms with Crippen LogP contribution in [0.4, 0.5) is 17.5 Å². The summed E-state index contributed by atoms with van der Waals surface area (Å²) < 4.78 is 11.9. The molecule has 8 heteroatoms. The fourth-order valence-corrected chi connectivity index (χ4v) is 3.27. The standard InChI is InChI=1S/C20H24N6O2/c1-2-27-16-7-3-4-8-17(16)28-15-6-5-11-26(14-15)20-13-21-12-19(24-20)23-18-9-10-22-25-18/h3-4,7-10,12-13,15H,2,5-6,11,14H2,1H3,(H2,22,23,24,25)/t15-/m1/s1. The zero-order chi connectivity index (χ0) is 19.2. The van der Waals surface area contributed by atoms with E-state index in [-0.39, 0.29) is 6.10 Å². The van der Waals surface area contributed by atoms with Crippen LogP contribution in [0.3, 0.4) is 0 Å². The summed E-state index contributed by atoms with van der Waals surface area (Å²) in [6.45, 7) is 4.26. The SMILES string of the molecule is CCOc1ccccc1O[C@@H]1CCCN(c2cncc(Nc3cc[nH]n3)n2)C1. The van der Waals surface area contributed by atoms with E-state index in [9.17, 15) is 0 Å². The molecule has 8 nitrogen and oxygen atoms in total.